The van der Waals surface area contributed by atoms with Crippen LogP contribution in [-0.2, 0) is 18.4 Å². The lowest BCUT2D eigenvalue weighted by Crippen LogP contribution is -2.45. The van der Waals surface area contributed by atoms with E-state index in [-0.39, 0.29) is 43.0 Å². The molecule has 1 heterocycles. The van der Waals surface area contributed by atoms with Gasteiger partial charge in [0.15, 0.2) is 5.78 Å². The molecular formula is C20H27N5O4. The maximum absolute atomic E-state index is 12.8. The van der Waals surface area contributed by atoms with E-state index in [0.717, 1.165) is 10.1 Å². The van der Waals surface area contributed by atoms with E-state index in [1.165, 1.54) is 16.5 Å². The van der Waals surface area contributed by atoms with E-state index < -0.39 is 17.0 Å². The van der Waals surface area contributed by atoms with Gasteiger partial charge in [-0.1, -0.05) is 30.3 Å². The molecule has 0 bridgehead atoms. The van der Waals surface area contributed by atoms with Crippen LogP contribution in [-0.4, -0.2) is 51.9 Å². The molecule has 2 rings (SSSR count). The third-order valence-electron chi connectivity index (χ3n) is 4.32. The lowest BCUT2D eigenvalue weighted by atomic mass is 10.1. The molecule has 156 valence electrons. The maximum Gasteiger partial charge on any atom is 0.332 e. The number of amides is 1. The third kappa shape index (κ3) is 5.41. The van der Waals surface area contributed by atoms with Crippen LogP contribution in [0.5, 0.6) is 0 Å². The summed E-state index contributed by atoms with van der Waals surface area (Å²) in [5, 5.41) is 2.73. The molecule has 0 spiro atoms. The molecule has 2 aromatic rings. The number of aromatic nitrogens is 2. The van der Waals surface area contributed by atoms with Gasteiger partial charge in [0.05, 0.1) is 19.6 Å². The van der Waals surface area contributed by atoms with Gasteiger partial charge in [-0.3, -0.25) is 28.4 Å². The van der Waals surface area contributed by atoms with E-state index in [0.29, 0.717) is 0 Å². The van der Waals surface area contributed by atoms with Crippen molar-refractivity contribution in [1.82, 2.24) is 19.4 Å². The fourth-order valence-corrected chi connectivity index (χ4v) is 2.96. The van der Waals surface area contributed by atoms with Gasteiger partial charge in [0, 0.05) is 13.1 Å². The van der Waals surface area contributed by atoms with Crippen molar-refractivity contribution in [2.75, 3.05) is 25.9 Å². The van der Waals surface area contributed by atoms with E-state index in [9.17, 15) is 19.2 Å². The highest BCUT2D eigenvalue weighted by Crippen LogP contribution is 2.10. The summed E-state index contributed by atoms with van der Waals surface area (Å²) >= 11 is 0. The van der Waals surface area contributed by atoms with Gasteiger partial charge in [0.1, 0.15) is 11.4 Å². The number of rotatable bonds is 8. The fraction of sp³-hybridized carbons (Fsp3) is 0.400. The molecule has 0 fully saturated rings. The average Bonchev–Trinajstić information content (AvgIpc) is 2.63. The molecule has 0 aliphatic rings. The smallest absolute Gasteiger partial charge is 0.332 e. The number of carbonyl (C=O) groups is 2. The molecule has 1 amide bonds. The first-order valence-electron chi connectivity index (χ1n) is 9.26. The van der Waals surface area contributed by atoms with E-state index in [4.69, 9.17) is 5.73 Å². The highest BCUT2D eigenvalue weighted by Gasteiger charge is 2.23. The number of hydrogen-bond acceptors (Lipinski definition) is 6. The van der Waals surface area contributed by atoms with Gasteiger partial charge < -0.3 is 11.1 Å². The Bertz CT molecular complexity index is 1010. The minimum absolute atomic E-state index is 0.00616. The van der Waals surface area contributed by atoms with Crippen LogP contribution < -0.4 is 22.3 Å². The Morgan fingerprint density at radius 1 is 1.14 bits per heavy atom. The van der Waals surface area contributed by atoms with Gasteiger partial charge in [0.2, 0.25) is 5.91 Å². The number of ketones is 1. The molecule has 1 aromatic carbocycles. The summed E-state index contributed by atoms with van der Waals surface area (Å²) in [7, 11) is 2.90. The zero-order valence-corrected chi connectivity index (χ0v) is 17.1. The van der Waals surface area contributed by atoms with Crippen LogP contribution in [0.2, 0.25) is 0 Å². The SMILES string of the molecule is CC(C)NC(=O)CN(C)CC(=O)c1c(N)n(Cc2ccccc2)c(=O)n(C)c1=O. The largest absolute Gasteiger partial charge is 0.384 e. The van der Waals surface area contributed by atoms with Crippen molar-refractivity contribution in [2.24, 2.45) is 7.05 Å². The van der Waals surface area contributed by atoms with Gasteiger partial charge in [0.25, 0.3) is 5.56 Å². The minimum Gasteiger partial charge on any atom is -0.384 e. The van der Waals surface area contributed by atoms with Crippen LogP contribution in [0.15, 0.2) is 39.9 Å². The van der Waals surface area contributed by atoms with Crippen molar-refractivity contribution in [3.05, 3.63) is 62.3 Å². The molecule has 0 atom stereocenters. The number of hydrogen-bond donors (Lipinski definition) is 2. The second-order valence-corrected chi connectivity index (χ2v) is 7.30. The molecule has 0 saturated heterocycles. The summed E-state index contributed by atoms with van der Waals surface area (Å²) < 4.78 is 2.08. The molecule has 0 saturated carbocycles. The first-order valence-corrected chi connectivity index (χ1v) is 9.26. The molecule has 1 aromatic heterocycles. The van der Waals surface area contributed by atoms with E-state index in [1.54, 1.807) is 7.05 Å². The van der Waals surface area contributed by atoms with Crippen LogP contribution in [0.25, 0.3) is 0 Å². The van der Waals surface area contributed by atoms with Crippen molar-refractivity contribution in [3.8, 4) is 0 Å². The van der Waals surface area contributed by atoms with Gasteiger partial charge in [-0.15, -0.1) is 0 Å². The summed E-state index contributed by atoms with van der Waals surface area (Å²) in [5.74, 6) is -0.957. The number of anilines is 1. The lowest BCUT2D eigenvalue weighted by Gasteiger charge is -2.18. The molecule has 9 heteroatoms. The minimum atomic E-state index is -0.748. The number of carbonyl (C=O) groups excluding carboxylic acids is 2. The topological polar surface area (TPSA) is 119 Å². The molecule has 0 aliphatic carbocycles. The predicted molar refractivity (Wildman–Crippen MR) is 111 cm³/mol. The van der Waals surface area contributed by atoms with Crippen LogP contribution in [0.3, 0.4) is 0 Å². The number of nitrogens with one attached hydrogen (secondary N) is 1. The second kappa shape index (κ2) is 9.33. The van der Waals surface area contributed by atoms with E-state index >= 15 is 0 Å². The van der Waals surface area contributed by atoms with Crippen molar-refractivity contribution < 1.29 is 9.59 Å². The summed E-state index contributed by atoms with van der Waals surface area (Å²) in [4.78, 5) is 51.2. The quantitative estimate of drug-likeness (QED) is 0.592. The number of nitrogen functional groups attached to an aromatic ring is 1. The average molecular weight is 401 g/mol. The Kier molecular flexibility index (Phi) is 7.11. The third-order valence-corrected chi connectivity index (χ3v) is 4.32. The number of likely N-dealkylation sites (N-methyl/N-ethyl adjacent to an activating group) is 1. The van der Waals surface area contributed by atoms with Crippen molar-refractivity contribution in [2.45, 2.75) is 26.4 Å². The van der Waals surface area contributed by atoms with Crippen molar-refractivity contribution >= 4 is 17.5 Å². The van der Waals surface area contributed by atoms with Gasteiger partial charge in [-0.2, -0.15) is 0 Å². The monoisotopic (exact) mass is 401 g/mol. The molecule has 9 nitrogen and oxygen atoms in total. The zero-order chi connectivity index (χ0) is 21.7. The van der Waals surface area contributed by atoms with Crippen LogP contribution in [0.1, 0.15) is 29.8 Å². The molecule has 0 unspecified atom stereocenters. The van der Waals surface area contributed by atoms with Crippen molar-refractivity contribution in [3.63, 3.8) is 0 Å². The van der Waals surface area contributed by atoms with Gasteiger partial charge in [-0.05, 0) is 26.5 Å². The highest BCUT2D eigenvalue weighted by atomic mass is 16.2. The van der Waals surface area contributed by atoms with Crippen LogP contribution >= 0.6 is 0 Å². The van der Waals surface area contributed by atoms with Gasteiger partial charge >= 0.3 is 5.69 Å². The molecule has 3 N–H and O–H groups in total. The van der Waals surface area contributed by atoms with Crippen LogP contribution in [0, 0.1) is 0 Å². The summed E-state index contributed by atoms with van der Waals surface area (Å²) in [6, 6.07) is 9.11. The Morgan fingerprint density at radius 2 is 1.76 bits per heavy atom. The second-order valence-electron chi connectivity index (χ2n) is 7.30. The standard InChI is InChI=1S/C20H27N5O4/c1-13(2)22-16(27)12-23(3)11-15(26)17-18(21)25(20(29)24(4)19(17)28)10-14-8-6-5-7-9-14/h5-9,13H,10-12,21H2,1-4H3,(H,22,27). The predicted octanol–water partition coefficient (Wildman–Crippen LogP) is -0.183. The number of benzene rings is 1. The summed E-state index contributed by atoms with van der Waals surface area (Å²) in [6.07, 6.45) is 0. The Hall–Kier alpha value is -3.20. The Morgan fingerprint density at radius 3 is 2.34 bits per heavy atom. The first kappa shape index (κ1) is 22.1. The number of nitrogens with two attached hydrogens (primary N) is 1. The van der Waals surface area contributed by atoms with Crippen molar-refractivity contribution in [1.29, 1.82) is 0 Å². The first-order chi connectivity index (χ1) is 13.6. The summed E-state index contributed by atoms with van der Waals surface area (Å²) in [5.41, 5.74) is 5.28. The van der Waals surface area contributed by atoms with Crippen LogP contribution in [0.4, 0.5) is 5.82 Å². The van der Waals surface area contributed by atoms with E-state index in [1.807, 2.05) is 44.2 Å². The maximum atomic E-state index is 12.8. The van der Waals surface area contributed by atoms with Gasteiger partial charge in [-0.25, -0.2) is 4.79 Å². The fourth-order valence-electron chi connectivity index (χ4n) is 2.96. The number of Topliss-reactive ketones (excluding diaryl/α,β-unsaturated/α-hetero) is 1. The Labute approximate surface area is 168 Å². The van der Waals surface area contributed by atoms with E-state index in [2.05, 4.69) is 5.32 Å². The normalized spacial score (nSPS) is 11.1. The molecule has 0 radical (unpaired) electrons. The molecule has 0 aliphatic heterocycles. The lowest BCUT2D eigenvalue weighted by molar-refractivity contribution is -0.122. The number of nitrogens with zero attached hydrogens (tertiary/aromatic N) is 3. The highest BCUT2D eigenvalue weighted by molar-refractivity contribution is 6.01. The zero-order valence-electron chi connectivity index (χ0n) is 17.1. The molecule has 29 heavy (non-hydrogen) atoms. The summed E-state index contributed by atoms with van der Waals surface area (Å²) in [6.45, 7) is 3.61. The molecular weight excluding hydrogens is 374 g/mol. The Balaban J connectivity index is 2.32.